The summed E-state index contributed by atoms with van der Waals surface area (Å²) in [5.74, 6) is 5.99. The van der Waals surface area contributed by atoms with Crippen molar-refractivity contribution in [1.29, 1.82) is 0 Å². The molecule has 6 heteroatoms. The van der Waals surface area contributed by atoms with Gasteiger partial charge in [-0.3, -0.25) is 10.4 Å². The maximum atomic E-state index is 5.44. The van der Waals surface area contributed by atoms with Gasteiger partial charge in [-0.1, -0.05) is 22.0 Å². The Hall–Kier alpha value is -1.11. The molecule has 1 rings (SSSR count). The Morgan fingerprint density at radius 2 is 2.26 bits per heavy atom. The zero-order chi connectivity index (χ0) is 14.1. The smallest absolute Gasteiger partial charge is 0.210 e. The van der Waals surface area contributed by atoms with E-state index in [-0.39, 0.29) is 0 Å². The van der Waals surface area contributed by atoms with E-state index in [0.717, 1.165) is 23.2 Å². The van der Waals surface area contributed by atoms with Crippen LogP contribution in [0.25, 0.3) is 0 Å². The van der Waals surface area contributed by atoms with Crippen LogP contribution in [0.1, 0.15) is 18.9 Å². The number of aryl methyl sites for hydroxylation is 1. The zero-order valence-electron chi connectivity index (χ0n) is 11.4. The summed E-state index contributed by atoms with van der Waals surface area (Å²) in [5, 5.41) is 3.13. The molecule has 106 valence electrons. The Morgan fingerprint density at radius 3 is 2.89 bits per heavy atom. The van der Waals surface area contributed by atoms with E-state index in [2.05, 4.69) is 31.7 Å². The highest BCUT2D eigenvalue weighted by molar-refractivity contribution is 9.10. The summed E-state index contributed by atoms with van der Waals surface area (Å²) in [6, 6.07) is 5.99. The van der Waals surface area contributed by atoms with Crippen molar-refractivity contribution in [1.82, 2.24) is 5.43 Å². The second kappa shape index (κ2) is 8.90. The van der Waals surface area contributed by atoms with Gasteiger partial charge in [0.05, 0.1) is 0 Å². The van der Waals surface area contributed by atoms with Gasteiger partial charge >= 0.3 is 0 Å². The van der Waals surface area contributed by atoms with Crippen LogP contribution >= 0.6 is 15.9 Å². The average Bonchev–Trinajstić information content (AvgIpc) is 2.41. The first-order valence-electron chi connectivity index (χ1n) is 6.29. The predicted octanol–water partition coefficient (Wildman–Crippen LogP) is 2.42. The number of ether oxygens (including phenoxy) is 1. The van der Waals surface area contributed by atoms with E-state index < -0.39 is 0 Å². The molecule has 0 bridgehead atoms. The van der Waals surface area contributed by atoms with E-state index in [0.29, 0.717) is 19.1 Å². The molecule has 0 saturated carbocycles. The molecule has 0 saturated heterocycles. The van der Waals surface area contributed by atoms with Crippen LogP contribution < -0.4 is 16.6 Å². The van der Waals surface area contributed by atoms with Crippen molar-refractivity contribution in [3.8, 4) is 0 Å². The highest BCUT2D eigenvalue weighted by Crippen LogP contribution is 2.20. The third kappa shape index (κ3) is 6.04. The Labute approximate surface area is 122 Å². The molecule has 4 N–H and O–H groups in total. The summed E-state index contributed by atoms with van der Waals surface area (Å²) in [4.78, 5) is 4.34. The van der Waals surface area contributed by atoms with Crippen LogP contribution in [0.4, 0.5) is 5.69 Å². The van der Waals surface area contributed by atoms with Gasteiger partial charge in [-0.25, -0.2) is 5.84 Å². The second-order valence-corrected chi connectivity index (χ2v) is 4.87. The fraction of sp³-hybridized carbons (Fsp3) is 0.462. The Morgan fingerprint density at radius 1 is 1.47 bits per heavy atom. The summed E-state index contributed by atoms with van der Waals surface area (Å²) in [6.07, 6.45) is 0.873. The molecule has 0 fully saturated rings. The van der Waals surface area contributed by atoms with E-state index >= 15 is 0 Å². The van der Waals surface area contributed by atoms with Crippen LogP contribution in [0.15, 0.2) is 27.7 Å². The van der Waals surface area contributed by atoms with Gasteiger partial charge in [0.1, 0.15) is 0 Å². The highest BCUT2D eigenvalue weighted by atomic mass is 79.9. The number of rotatable bonds is 6. The molecule has 19 heavy (non-hydrogen) atoms. The molecule has 0 aliphatic carbocycles. The quantitative estimate of drug-likeness (QED) is 0.246. The van der Waals surface area contributed by atoms with Crippen LogP contribution in [0, 0.1) is 6.92 Å². The highest BCUT2D eigenvalue weighted by Gasteiger charge is 2.00. The van der Waals surface area contributed by atoms with Gasteiger partial charge in [-0.2, -0.15) is 0 Å². The number of hydrazine groups is 1. The minimum Gasteiger partial charge on any atom is -0.382 e. The third-order valence-electron chi connectivity index (χ3n) is 2.49. The second-order valence-electron chi connectivity index (χ2n) is 4.01. The summed E-state index contributed by atoms with van der Waals surface area (Å²) in [7, 11) is 0. The number of hydrogen-bond acceptors (Lipinski definition) is 3. The molecule has 0 amide bonds. The molecule has 0 aliphatic rings. The number of benzene rings is 1. The largest absolute Gasteiger partial charge is 0.382 e. The fourth-order valence-corrected chi connectivity index (χ4v) is 1.81. The number of nitrogens with zero attached hydrogens (tertiary/aromatic N) is 1. The number of anilines is 1. The van der Waals surface area contributed by atoms with Crippen molar-refractivity contribution >= 4 is 27.6 Å². The third-order valence-corrected chi connectivity index (χ3v) is 3.35. The maximum Gasteiger partial charge on any atom is 0.210 e. The molecule has 0 spiro atoms. The lowest BCUT2D eigenvalue weighted by molar-refractivity contribution is 0.146. The van der Waals surface area contributed by atoms with E-state index in [4.69, 9.17) is 10.6 Å². The summed E-state index contributed by atoms with van der Waals surface area (Å²) in [6.45, 7) is 6.14. The van der Waals surface area contributed by atoms with Gasteiger partial charge in [0.2, 0.25) is 5.96 Å². The lowest BCUT2D eigenvalue weighted by Crippen LogP contribution is -2.36. The lowest BCUT2D eigenvalue weighted by Gasteiger charge is -2.10. The molecular formula is C13H21BrN4O. The van der Waals surface area contributed by atoms with Crippen molar-refractivity contribution in [2.45, 2.75) is 20.3 Å². The standard InChI is InChI=1S/C13H21BrN4O/c1-3-19-8-4-7-16-13(18-15)17-11-6-5-10(2)12(14)9-11/h5-6,9H,3-4,7-8,15H2,1-2H3,(H2,16,17,18). The van der Waals surface area contributed by atoms with Crippen molar-refractivity contribution < 1.29 is 4.74 Å². The number of hydrogen-bond donors (Lipinski definition) is 3. The Balaban J connectivity index is 2.50. The van der Waals surface area contributed by atoms with Crippen LogP contribution in [-0.4, -0.2) is 25.7 Å². The van der Waals surface area contributed by atoms with Crippen LogP contribution in [0.2, 0.25) is 0 Å². The molecular weight excluding hydrogens is 308 g/mol. The monoisotopic (exact) mass is 328 g/mol. The summed E-state index contributed by atoms with van der Waals surface area (Å²) in [5.41, 5.74) is 4.67. The summed E-state index contributed by atoms with van der Waals surface area (Å²) < 4.78 is 6.30. The zero-order valence-corrected chi connectivity index (χ0v) is 13.0. The Kier molecular flexibility index (Phi) is 7.47. The van der Waals surface area contributed by atoms with Crippen molar-refractivity contribution in [2.75, 3.05) is 25.1 Å². The van der Waals surface area contributed by atoms with Gasteiger partial charge < -0.3 is 10.1 Å². The molecule has 0 radical (unpaired) electrons. The minimum absolute atomic E-state index is 0.548. The van der Waals surface area contributed by atoms with Gasteiger partial charge in [0.25, 0.3) is 0 Å². The van der Waals surface area contributed by atoms with Crippen LogP contribution in [0.3, 0.4) is 0 Å². The molecule has 0 heterocycles. The first-order valence-corrected chi connectivity index (χ1v) is 7.08. The SMILES string of the molecule is CCOCCCN=C(NN)Nc1ccc(C)c(Br)c1. The lowest BCUT2D eigenvalue weighted by atomic mass is 10.2. The molecule has 5 nitrogen and oxygen atoms in total. The normalized spacial score (nSPS) is 11.5. The summed E-state index contributed by atoms with van der Waals surface area (Å²) >= 11 is 3.49. The first kappa shape index (κ1) is 15.9. The average molecular weight is 329 g/mol. The van der Waals surface area contributed by atoms with E-state index in [9.17, 15) is 0 Å². The van der Waals surface area contributed by atoms with E-state index in [1.54, 1.807) is 0 Å². The molecule has 0 atom stereocenters. The molecule has 0 unspecified atom stereocenters. The van der Waals surface area contributed by atoms with Gasteiger partial charge in [0, 0.05) is 29.9 Å². The number of guanidine groups is 1. The molecule has 0 aromatic heterocycles. The van der Waals surface area contributed by atoms with Gasteiger partial charge in [0.15, 0.2) is 0 Å². The predicted molar refractivity (Wildman–Crippen MR) is 83.2 cm³/mol. The van der Waals surface area contributed by atoms with Crippen molar-refractivity contribution in [2.24, 2.45) is 10.8 Å². The van der Waals surface area contributed by atoms with E-state index in [1.165, 1.54) is 5.56 Å². The topological polar surface area (TPSA) is 71.7 Å². The number of halogens is 1. The first-order chi connectivity index (χ1) is 9.17. The molecule has 1 aromatic rings. The van der Waals surface area contributed by atoms with Gasteiger partial charge in [-0.15, -0.1) is 0 Å². The van der Waals surface area contributed by atoms with Gasteiger partial charge in [-0.05, 0) is 38.0 Å². The Bertz CT molecular complexity index is 423. The number of nitrogens with one attached hydrogen (secondary N) is 2. The van der Waals surface area contributed by atoms with Crippen molar-refractivity contribution in [3.05, 3.63) is 28.2 Å². The molecule has 1 aromatic carbocycles. The maximum absolute atomic E-state index is 5.44. The number of aliphatic imine (C=N–C) groups is 1. The van der Waals surface area contributed by atoms with Crippen molar-refractivity contribution in [3.63, 3.8) is 0 Å². The van der Waals surface area contributed by atoms with E-state index in [1.807, 2.05) is 32.0 Å². The fourth-order valence-electron chi connectivity index (χ4n) is 1.43. The molecule has 0 aliphatic heterocycles. The van der Waals surface area contributed by atoms with Crippen LogP contribution in [-0.2, 0) is 4.74 Å². The minimum atomic E-state index is 0.548. The van der Waals surface area contributed by atoms with Crippen LogP contribution in [0.5, 0.6) is 0 Å². The number of nitrogens with two attached hydrogens (primary N) is 1.